The van der Waals surface area contributed by atoms with Gasteiger partial charge in [0, 0.05) is 17.8 Å². The van der Waals surface area contributed by atoms with E-state index in [1.807, 2.05) is 52.2 Å². The maximum atomic E-state index is 13.2. The highest BCUT2D eigenvalue weighted by Gasteiger charge is 2.19. The van der Waals surface area contributed by atoms with Crippen LogP contribution in [0.5, 0.6) is 5.75 Å². The molecular formula is C24H29FN4O2. The lowest BCUT2D eigenvalue weighted by molar-refractivity contribution is -0.120. The lowest BCUT2D eigenvalue weighted by atomic mass is 10.0. The summed E-state index contributed by atoms with van der Waals surface area (Å²) in [4.78, 5) is 14.8. The minimum absolute atomic E-state index is 0.0168. The second kappa shape index (κ2) is 9.75. The fourth-order valence-corrected chi connectivity index (χ4v) is 3.65. The van der Waals surface area contributed by atoms with Crippen LogP contribution >= 0.6 is 0 Å². The standard InChI is InChI=1S/C24H29FN4O2/c1-16-22(17(2)29(27-16)20-11-9-19(25)10-12-20)14-24(30)26-15-23(28(3)4)18-7-6-8-21(13-18)31-5/h6-13,23H,14-15H2,1-5H3,(H,26,30). The van der Waals surface area contributed by atoms with Crippen LogP contribution in [0.4, 0.5) is 4.39 Å². The van der Waals surface area contributed by atoms with Gasteiger partial charge in [0.15, 0.2) is 0 Å². The molecule has 6 nitrogen and oxygen atoms in total. The van der Waals surface area contributed by atoms with E-state index in [2.05, 4.69) is 15.3 Å². The number of amides is 1. The molecule has 0 aliphatic heterocycles. The normalized spacial score (nSPS) is 12.1. The Morgan fingerprint density at radius 3 is 2.55 bits per heavy atom. The van der Waals surface area contributed by atoms with Gasteiger partial charge < -0.3 is 15.0 Å². The number of benzene rings is 2. The number of nitrogens with zero attached hydrogens (tertiary/aromatic N) is 3. The zero-order valence-corrected chi connectivity index (χ0v) is 18.6. The second-order valence-electron chi connectivity index (χ2n) is 7.77. The molecule has 0 saturated carbocycles. The number of carbonyl (C=O) groups is 1. The molecule has 3 rings (SSSR count). The van der Waals surface area contributed by atoms with Crippen LogP contribution in [0.3, 0.4) is 0 Å². The van der Waals surface area contributed by atoms with Gasteiger partial charge >= 0.3 is 0 Å². The second-order valence-corrected chi connectivity index (χ2v) is 7.77. The first kappa shape index (κ1) is 22.5. The third-order valence-electron chi connectivity index (χ3n) is 5.44. The van der Waals surface area contributed by atoms with E-state index in [9.17, 15) is 9.18 Å². The Balaban J connectivity index is 1.70. The summed E-state index contributed by atoms with van der Waals surface area (Å²) < 4.78 is 20.3. The quantitative estimate of drug-likeness (QED) is 0.600. The molecule has 0 aliphatic rings. The van der Waals surface area contributed by atoms with Crippen LogP contribution in [-0.4, -0.2) is 48.3 Å². The van der Waals surface area contributed by atoms with Crippen molar-refractivity contribution in [2.45, 2.75) is 26.3 Å². The van der Waals surface area contributed by atoms with Crippen LogP contribution in [0.25, 0.3) is 5.69 Å². The fraction of sp³-hybridized carbons (Fsp3) is 0.333. The molecule has 0 fully saturated rings. The Morgan fingerprint density at radius 2 is 1.90 bits per heavy atom. The zero-order chi connectivity index (χ0) is 22.5. The van der Waals surface area contributed by atoms with Crippen molar-refractivity contribution in [1.82, 2.24) is 20.0 Å². The van der Waals surface area contributed by atoms with Crippen molar-refractivity contribution in [2.75, 3.05) is 27.7 Å². The lowest BCUT2D eigenvalue weighted by Gasteiger charge is -2.25. The van der Waals surface area contributed by atoms with Gasteiger partial charge in [-0.1, -0.05) is 12.1 Å². The average Bonchev–Trinajstić information content (AvgIpc) is 3.02. The van der Waals surface area contributed by atoms with Crippen molar-refractivity contribution >= 4 is 5.91 Å². The minimum atomic E-state index is -0.295. The first-order valence-corrected chi connectivity index (χ1v) is 10.2. The van der Waals surface area contributed by atoms with Crippen molar-refractivity contribution in [3.05, 3.63) is 76.9 Å². The molecule has 0 aliphatic carbocycles. The van der Waals surface area contributed by atoms with Gasteiger partial charge in [-0.25, -0.2) is 9.07 Å². The van der Waals surface area contributed by atoms with E-state index in [1.165, 1.54) is 12.1 Å². The molecule has 0 bridgehead atoms. The number of carbonyl (C=O) groups excluding carboxylic acids is 1. The molecule has 0 saturated heterocycles. The van der Waals surface area contributed by atoms with Crippen LogP contribution in [0, 0.1) is 19.7 Å². The molecular weight excluding hydrogens is 395 g/mol. The zero-order valence-electron chi connectivity index (χ0n) is 18.6. The summed E-state index contributed by atoms with van der Waals surface area (Å²) in [5, 5.41) is 7.60. The molecule has 1 N–H and O–H groups in total. The molecule has 31 heavy (non-hydrogen) atoms. The maximum absolute atomic E-state index is 13.2. The van der Waals surface area contributed by atoms with Gasteiger partial charge in [-0.05, 0) is 69.9 Å². The first-order chi connectivity index (χ1) is 14.8. The van der Waals surface area contributed by atoms with Crippen molar-refractivity contribution in [3.63, 3.8) is 0 Å². The molecule has 0 spiro atoms. The number of nitrogens with one attached hydrogen (secondary N) is 1. The topological polar surface area (TPSA) is 59.4 Å². The van der Waals surface area contributed by atoms with Gasteiger partial charge in [0.25, 0.3) is 0 Å². The van der Waals surface area contributed by atoms with E-state index in [4.69, 9.17) is 4.74 Å². The summed E-state index contributed by atoms with van der Waals surface area (Å²) in [6, 6.07) is 14.0. The molecule has 1 aromatic heterocycles. The lowest BCUT2D eigenvalue weighted by Crippen LogP contribution is -2.35. The largest absolute Gasteiger partial charge is 0.497 e. The van der Waals surface area contributed by atoms with Crippen LogP contribution in [0.15, 0.2) is 48.5 Å². The predicted molar refractivity (Wildman–Crippen MR) is 119 cm³/mol. The molecule has 1 amide bonds. The molecule has 2 aromatic carbocycles. The van der Waals surface area contributed by atoms with Gasteiger partial charge in [-0.2, -0.15) is 5.10 Å². The molecule has 3 aromatic rings. The third-order valence-corrected chi connectivity index (χ3v) is 5.44. The van der Waals surface area contributed by atoms with Gasteiger partial charge in [0.1, 0.15) is 11.6 Å². The summed E-state index contributed by atoms with van der Waals surface area (Å²) in [7, 11) is 5.61. The minimum Gasteiger partial charge on any atom is -0.497 e. The van der Waals surface area contributed by atoms with Crippen LogP contribution in [0.1, 0.15) is 28.6 Å². The first-order valence-electron chi connectivity index (χ1n) is 10.2. The number of hydrogen-bond acceptors (Lipinski definition) is 4. The number of hydrogen-bond donors (Lipinski definition) is 1. The molecule has 1 unspecified atom stereocenters. The number of ether oxygens (including phenoxy) is 1. The number of halogens is 1. The monoisotopic (exact) mass is 424 g/mol. The van der Waals surface area contributed by atoms with E-state index in [-0.39, 0.29) is 24.2 Å². The van der Waals surface area contributed by atoms with Crippen LogP contribution < -0.4 is 10.1 Å². The predicted octanol–water partition coefficient (Wildman–Crippen LogP) is 3.60. The summed E-state index contributed by atoms with van der Waals surface area (Å²) in [6.45, 7) is 4.28. The van der Waals surface area contributed by atoms with Crippen molar-refractivity contribution < 1.29 is 13.9 Å². The number of aryl methyl sites for hydroxylation is 1. The maximum Gasteiger partial charge on any atom is 0.224 e. The smallest absolute Gasteiger partial charge is 0.224 e. The Bertz CT molecular complexity index is 1040. The average molecular weight is 425 g/mol. The molecule has 0 radical (unpaired) electrons. The fourth-order valence-electron chi connectivity index (χ4n) is 3.65. The highest BCUT2D eigenvalue weighted by molar-refractivity contribution is 5.79. The Morgan fingerprint density at radius 1 is 1.19 bits per heavy atom. The highest BCUT2D eigenvalue weighted by atomic mass is 19.1. The summed E-state index contributed by atoms with van der Waals surface area (Å²) in [6.07, 6.45) is 0.233. The van der Waals surface area contributed by atoms with Crippen molar-refractivity contribution in [1.29, 1.82) is 0 Å². The number of aromatic nitrogens is 2. The Labute approximate surface area is 182 Å². The van der Waals surface area contributed by atoms with Gasteiger partial charge in [-0.3, -0.25) is 4.79 Å². The van der Waals surface area contributed by atoms with Gasteiger partial charge in [0.2, 0.25) is 5.91 Å². The third kappa shape index (κ3) is 5.30. The molecule has 7 heteroatoms. The van der Waals surface area contributed by atoms with Gasteiger partial charge in [0.05, 0.1) is 31.0 Å². The highest BCUT2D eigenvalue weighted by Crippen LogP contribution is 2.23. The van der Waals surface area contributed by atoms with Crippen molar-refractivity contribution in [2.24, 2.45) is 0 Å². The van der Waals surface area contributed by atoms with E-state index >= 15 is 0 Å². The van der Waals surface area contributed by atoms with E-state index in [0.717, 1.165) is 34.0 Å². The van der Waals surface area contributed by atoms with E-state index < -0.39 is 0 Å². The molecule has 1 heterocycles. The van der Waals surface area contributed by atoms with E-state index in [0.29, 0.717) is 6.54 Å². The molecule has 164 valence electrons. The summed E-state index contributed by atoms with van der Waals surface area (Å²) in [5.41, 5.74) is 4.37. The Hall–Kier alpha value is -3.19. The number of likely N-dealkylation sites (N-methyl/N-ethyl adjacent to an activating group) is 1. The SMILES string of the molecule is COc1cccc(C(CNC(=O)Cc2c(C)nn(-c3ccc(F)cc3)c2C)N(C)C)c1. The van der Waals surface area contributed by atoms with Crippen molar-refractivity contribution in [3.8, 4) is 11.4 Å². The number of rotatable bonds is 8. The summed E-state index contributed by atoms with van der Waals surface area (Å²) in [5.74, 6) is 0.422. The molecule has 1 atom stereocenters. The number of methoxy groups -OCH3 is 1. The van der Waals surface area contributed by atoms with Gasteiger partial charge in [-0.15, -0.1) is 0 Å². The Kier molecular flexibility index (Phi) is 7.07. The van der Waals surface area contributed by atoms with E-state index in [1.54, 1.807) is 23.9 Å². The van der Waals surface area contributed by atoms with Crippen LogP contribution in [0.2, 0.25) is 0 Å². The summed E-state index contributed by atoms with van der Waals surface area (Å²) >= 11 is 0. The van der Waals surface area contributed by atoms with Crippen LogP contribution in [-0.2, 0) is 11.2 Å².